The maximum absolute atomic E-state index is 12.0. The third-order valence-electron chi connectivity index (χ3n) is 4.07. The van der Waals surface area contributed by atoms with E-state index < -0.39 is 5.91 Å². The molecule has 0 radical (unpaired) electrons. The summed E-state index contributed by atoms with van der Waals surface area (Å²) in [6, 6.07) is 9.20. The molecule has 0 aliphatic rings. The van der Waals surface area contributed by atoms with Crippen LogP contribution in [-0.4, -0.2) is 48.8 Å². The number of benzene rings is 2. The van der Waals surface area contributed by atoms with Gasteiger partial charge in [0.2, 0.25) is 5.91 Å². The summed E-state index contributed by atoms with van der Waals surface area (Å²) in [6.45, 7) is 2.93. The van der Waals surface area contributed by atoms with Crippen LogP contribution in [0, 0.1) is 0 Å². The highest BCUT2D eigenvalue weighted by molar-refractivity contribution is 5.95. The number of ether oxygens (including phenoxy) is 2. The molecular weight excluding hydrogens is 376 g/mol. The van der Waals surface area contributed by atoms with Gasteiger partial charge in [-0.05, 0) is 43.2 Å². The van der Waals surface area contributed by atoms with Crippen molar-refractivity contribution in [1.29, 1.82) is 0 Å². The van der Waals surface area contributed by atoms with Gasteiger partial charge in [0.1, 0.15) is 11.5 Å². The van der Waals surface area contributed by atoms with Crippen LogP contribution in [0.3, 0.4) is 0 Å². The van der Waals surface area contributed by atoms with E-state index in [4.69, 9.17) is 9.47 Å². The molecule has 0 unspecified atom stereocenters. The van der Waals surface area contributed by atoms with Gasteiger partial charge in [0.15, 0.2) is 11.5 Å². The molecule has 8 nitrogen and oxygen atoms in total. The van der Waals surface area contributed by atoms with Gasteiger partial charge in [0.25, 0.3) is 5.91 Å². The van der Waals surface area contributed by atoms with Crippen LogP contribution >= 0.6 is 0 Å². The maximum atomic E-state index is 12.0. The van der Waals surface area contributed by atoms with E-state index in [1.165, 1.54) is 12.1 Å². The molecular formula is C21H26N2O6. The molecule has 0 atom stereocenters. The normalized spacial score (nSPS) is 10.3. The number of carbonyl (C=O) groups is 2. The number of hydrogen-bond acceptors (Lipinski definition) is 6. The predicted molar refractivity (Wildman–Crippen MR) is 108 cm³/mol. The van der Waals surface area contributed by atoms with Crippen molar-refractivity contribution in [2.75, 3.05) is 26.8 Å². The first-order chi connectivity index (χ1) is 13.9. The average molecular weight is 402 g/mol. The molecule has 0 aliphatic heterocycles. The summed E-state index contributed by atoms with van der Waals surface area (Å²) >= 11 is 0. The Bertz CT molecular complexity index is 833. The van der Waals surface area contributed by atoms with Gasteiger partial charge in [-0.15, -0.1) is 0 Å². The Morgan fingerprint density at radius 1 is 0.966 bits per heavy atom. The molecule has 0 fully saturated rings. The van der Waals surface area contributed by atoms with Crippen LogP contribution in [0.25, 0.3) is 0 Å². The SMILES string of the molecule is CCOc1ccc(CCC(=O)NCCNC(=O)c2cc(O)cc(O)c2)cc1OC. The molecule has 2 aromatic rings. The van der Waals surface area contributed by atoms with Crippen LogP contribution in [0.2, 0.25) is 0 Å². The highest BCUT2D eigenvalue weighted by Crippen LogP contribution is 2.28. The molecule has 29 heavy (non-hydrogen) atoms. The van der Waals surface area contributed by atoms with Gasteiger partial charge < -0.3 is 30.3 Å². The van der Waals surface area contributed by atoms with Crippen molar-refractivity contribution in [1.82, 2.24) is 10.6 Å². The molecule has 0 saturated carbocycles. The number of amides is 2. The fourth-order valence-electron chi connectivity index (χ4n) is 2.69. The second kappa shape index (κ2) is 10.8. The predicted octanol–water partition coefficient (Wildman–Crippen LogP) is 1.98. The smallest absolute Gasteiger partial charge is 0.251 e. The van der Waals surface area contributed by atoms with E-state index >= 15 is 0 Å². The maximum Gasteiger partial charge on any atom is 0.251 e. The molecule has 0 saturated heterocycles. The molecule has 2 amide bonds. The highest BCUT2D eigenvalue weighted by Gasteiger charge is 2.09. The number of aryl methyl sites for hydroxylation is 1. The Morgan fingerprint density at radius 3 is 2.31 bits per heavy atom. The minimum absolute atomic E-state index is 0.137. The molecule has 2 aromatic carbocycles. The second-order valence-electron chi connectivity index (χ2n) is 6.26. The lowest BCUT2D eigenvalue weighted by molar-refractivity contribution is -0.121. The fraction of sp³-hybridized carbons (Fsp3) is 0.333. The molecule has 2 rings (SSSR count). The Balaban J connectivity index is 1.72. The monoisotopic (exact) mass is 402 g/mol. The van der Waals surface area contributed by atoms with Gasteiger partial charge in [-0.3, -0.25) is 9.59 Å². The Labute approximate surface area is 169 Å². The summed E-state index contributed by atoms with van der Waals surface area (Å²) in [4.78, 5) is 24.0. The zero-order valence-electron chi connectivity index (χ0n) is 16.5. The van der Waals surface area contributed by atoms with Crippen molar-refractivity contribution >= 4 is 11.8 Å². The molecule has 0 bridgehead atoms. The van der Waals surface area contributed by atoms with E-state index in [0.717, 1.165) is 11.6 Å². The third-order valence-corrected chi connectivity index (χ3v) is 4.07. The molecule has 156 valence electrons. The quantitative estimate of drug-likeness (QED) is 0.452. The van der Waals surface area contributed by atoms with Crippen molar-refractivity contribution < 1.29 is 29.3 Å². The van der Waals surface area contributed by atoms with Gasteiger partial charge in [0, 0.05) is 31.1 Å². The van der Waals surface area contributed by atoms with Crippen LogP contribution in [0.15, 0.2) is 36.4 Å². The summed E-state index contributed by atoms with van der Waals surface area (Å²) in [5.41, 5.74) is 1.09. The lowest BCUT2D eigenvalue weighted by atomic mass is 10.1. The van der Waals surface area contributed by atoms with Crippen LogP contribution in [-0.2, 0) is 11.2 Å². The number of rotatable bonds is 10. The number of carbonyl (C=O) groups excluding carboxylic acids is 2. The first-order valence-corrected chi connectivity index (χ1v) is 9.30. The molecule has 0 heterocycles. The van der Waals surface area contributed by atoms with Crippen molar-refractivity contribution in [2.24, 2.45) is 0 Å². The molecule has 4 N–H and O–H groups in total. The van der Waals surface area contributed by atoms with Crippen LogP contribution in [0.5, 0.6) is 23.0 Å². The first-order valence-electron chi connectivity index (χ1n) is 9.30. The number of nitrogens with one attached hydrogen (secondary N) is 2. The highest BCUT2D eigenvalue weighted by atomic mass is 16.5. The number of phenolic OH excluding ortho intramolecular Hbond substituents is 2. The number of aromatic hydroxyl groups is 2. The topological polar surface area (TPSA) is 117 Å². The number of hydrogen-bond donors (Lipinski definition) is 4. The lowest BCUT2D eigenvalue weighted by Gasteiger charge is -2.11. The zero-order chi connectivity index (χ0) is 21.2. The molecule has 0 aromatic heterocycles. The first kappa shape index (κ1) is 21.9. The van der Waals surface area contributed by atoms with Gasteiger partial charge in [-0.1, -0.05) is 6.07 Å². The molecule has 0 aliphatic carbocycles. The van der Waals surface area contributed by atoms with E-state index in [1.807, 2.05) is 25.1 Å². The van der Waals surface area contributed by atoms with Crippen LogP contribution in [0.4, 0.5) is 0 Å². The largest absolute Gasteiger partial charge is 0.508 e. The van der Waals surface area contributed by atoms with Crippen molar-refractivity contribution in [3.8, 4) is 23.0 Å². The summed E-state index contributed by atoms with van der Waals surface area (Å²) in [6.07, 6.45) is 0.842. The average Bonchev–Trinajstić information content (AvgIpc) is 2.69. The Hall–Kier alpha value is -3.42. The number of phenols is 2. The zero-order valence-corrected chi connectivity index (χ0v) is 16.5. The summed E-state index contributed by atoms with van der Waals surface area (Å²) in [7, 11) is 1.57. The van der Waals surface area contributed by atoms with Crippen molar-refractivity contribution in [2.45, 2.75) is 19.8 Å². The van der Waals surface area contributed by atoms with E-state index in [9.17, 15) is 19.8 Å². The third kappa shape index (κ3) is 6.91. The van der Waals surface area contributed by atoms with Gasteiger partial charge >= 0.3 is 0 Å². The summed E-state index contributed by atoms with van der Waals surface area (Å²) in [5.74, 6) is 0.308. The fourth-order valence-corrected chi connectivity index (χ4v) is 2.69. The van der Waals surface area contributed by atoms with Gasteiger partial charge in [-0.25, -0.2) is 0 Å². The molecule has 0 spiro atoms. The summed E-state index contributed by atoms with van der Waals surface area (Å²) < 4.78 is 10.8. The standard InChI is InChI=1S/C21H26N2O6/c1-3-29-18-6-4-14(10-19(18)28-2)5-7-20(26)22-8-9-23-21(27)15-11-16(24)13-17(25)12-15/h4,6,10-13,24-25H,3,5,7-9H2,1-2H3,(H,22,26)(H,23,27). The van der Waals surface area contributed by atoms with Crippen LogP contribution in [0.1, 0.15) is 29.3 Å². The Morgan fingerprint density at radius 2 is 1.66 bits per heavy atom. The minimum atomic E-state index is -0.452. The van der Waals surface area contributed by atoms with E-state index in [-0.39, 0.29) is 36.1 Å². The minimum Gasteiger partial charge on any atom is -0.508 e. The lowest BCUT2D eigenvalue weighted by Crippen LogP contribution is -2.34. The van der Waals surface area contributed by atoms with Gasteiger partial charge in [-0.2, -0.15) is 0 Å². The number of methoxy groups -OCH3 is 1. The van der Waals surface area contributed by atoms with Crippen LogP contribution < -0.4 is 20.1 Å². The second-order valence-corrected chi connectivity index (χ2v) is 6.26. The molecule has 8 heteroatoms. The van der Waals surface area contributed by atoms with Crippen molar-refractivity contribution in [3.63, 3.8) is 0 Å². The van der Waals surface area contributed by atoms with E-state index in [1.54, 1.807) is 7.11 Å². The Kier molecular flexibility index (Phi) is 8.14. The van der Waals surface area contributed by atoms with Gasteiger partial charge in [0.05, 0.1) is 13.7 Å². The van der Waals surface area contributed by atoms with Crippen molar-refractivity contribution in [3.05, 3.63) is 47.5 Å². The summed E-state index contributed by atoms with van der Waals surface area (Å²) in [5, 5.41) is 24.2. The van der Waals surface area contributed by atoms with E-state index in [0.29, 0.717) is 30.9 Å². The van der Waals surface area contributed by atoms with E-state index in [2.05, 4.69) is 10.6 Å².